The smallest absolute Gasteiger partial charge is 0.252 e. The lowest BCUT2D eigenvalue weighted by Crippen LogP contribution is -2.14. The molecule has 2 aromatic carbocycles. The third-order valence-corrected chi connectivity index (χ3v) is 7.57. The first-order chi connectivity index (χ1) is 12.7. The highest BCUT2D eigenvalue weighted by Gasteiger charge is 2.12. The van der Waals surface area contributed by atoms with Crippen LogP contribution in [0.5, 0.6) is 0 Å². The summed E-state index contributed by atoms with van der Waals surface area (Å²) < 4.78 is 26.8. The van der Waals surface area contributed by atoms with Gasteiger partial charge in [0, 0.05) is 7.05 Å². The number of aromatic nitrogens is 1. The summed E-state index contributed by atoms with van der Waals surface area (Å²) in [5, 5.41) is 0. The van der Waals surface area contributed by atoms with Crippen molar-refractivity contribution in [1.29, 1.82) is 0 Å². The molecule has 1 aromatic heterocycles. The highest BCUT2D eigenvalue weighted by Crippen LogP contribution is 2.23. The summed E-state index contributed by atoms with van der Waals surface area (Å²) in [7, 11) is -1.31. The van der Waals surface area contributed by atoms with Gasteiger partial charge in [0.15, 0.2) is 14.6 Å². The zero-order valence-electron chi connectivity index (χ0n) is 15.8. The fraction of sp³-hybridized carbons (Fsp3) is 0.300. The van der Waals surface area contributed by atoms with Gasteiger partial charge in [-0.1, -0.05) is 36.5 Å². The van der Waals surface area contributed by atoms with E-state index in [1.807, 2.05) is 11.6 Å². The van der Waals surface area contributed by atoms with E-state index in [1.165, 1.54) is 22.5 Å². The van der Waals surface area contributed by atoms with Crippen LogP contribution in [-0.2, 0) is 28.1 Å². The Hall–Kier alpha value is -2.25. The molecular weight excluding hydrogens is 380 g/mol. The second kappa shape index (κ2) is 7.40. The largest absolute Gasteiger partial charge is 0.319 e. The minimum Gasteiger partial charge on any atom is -0.319 e. The molecule has 0 N–H and O–H groups in total. The molecule has 3 aromatic rings. The summed E-state index contributed by atoms with van der Waals surface area (Å²) in [6, 6.07) is 10.6. The molecule has 0 radical (unpaired) electrons. The highest BCUT2D eigenvalue weighted by atomic mass is 32.2. The molecule has 27 heavy (non-hydrogen) atoms. The Morgan fingerprint density at radius 3 is 2.41 bits per heavy atom. The minimum absolute atomic E-state index is 0.0575. The van der Waals surface area contributed by atoms with Crippen LogP contribution in [0.2, 0.25) is 0 Å². The van der Waals surface area contributed by atoms with Crippen LogP contribution in [0.4, 0.5) is 0 Å². The molecule has 1 amide bonds. The van der Waals surface area contributed by atoms with E-state index in [-0.39, 0.29) is 23.0 Å². The first kappa shape index (κ1) is 19.5. The van der Waals surface area contributed by atoms with Gasteiger partial charge in [-0.2, -0.15) is 4.99 Å². The van der Waals surface area contributed by atoms with Gasteiger partial charge in [0.25, 0.3) is 5.91 Å². The molecule has 0 fully saturated rings. The Labute approximate surface area is 162 Å². The predicted octanol–water partition coefficient (Wildman–Crippen LogP) is 3.32. The first-order valence-electron chi connectivity index (χ1n) is 8.68. The normalized spacial score (nSPS) is 12.7. The van der Waals surface area contributed by atoms with Gasteiger partial charge < -0.3 is 4.57 Å². The summed E-state index contributed by atoms with van der Waals surface area (Å²) in [6.07, 6.45) is 0.138. The van der Waals surface area contributed by atoms with Crippen molar-refractivity contribution < 1.29 is 13.2 Å². The molecule has 0 saturated carbocycles. The second-order valence-electron chi connectivity index (χ2n) is 6.53. The zero-order chi connectivity index (χ0) is 19.8. The number of hydrogen-bond donors (Lipinski definition) is 0. The molecule has 7 heteroatoms. The third kappa shape index (κ3) is 3.89. The number of benzene rings is 2. The van der Waals surface area contributed by atoms with Crippen LogP contribution < -0.4 is 4.80 Å². The summed E-state index contributed by atoms with van der Waals surface area (Å²) >= 11 is 1.49. The van der Waals surface area contributed by atoms with Gasteiger partial charge in [-0.15, -0.1) is 0 Å². The fourth-order valence-electron chi connectivity index (χ4n) is 2.94. The topological polar surface area (TPSA) is 68.5 Å². The van der Waals surface area contributed by atoms with Crippen molar-refractivity contribution in [3.8, 4) is 0 Å². The summed E-state index contributed by atoms with van der Waals surface area (Å²) in [5.41, 5.74) is 4.24. The van der Waals surface area contributed by atoms with Gasteiger partial charge in [0.05, 0.1) is 27.3 Å². The average Bonchev–Trinajstić information content (AvgIpc) is 2.95. The molecule has 0 aliphatic rings. The molecule has 0 atom stereocenters. The van der Waals surface area contributed by atoms with Gasteiger partial charge in [-0.3, -0.25) is 4.79 Å². The van der Waals surface area contributed by atoms with Gasteiger partial charge >= 0.3 is 0 Å². The van der Waals surface area contributed by atoms with Crippen molar-refractivity contribution >= 4 is 37.3 Å². The maximum absolute atomic E-state index is 12.4. The molecular formula is C20H22N2O3S2. The van der Waals surface area contributed by atoms with Crippen LogP contribution in [0.1, 0.15) is 23.6 Å². The number of thiazole rings is 1. The number of carbonyl (C=O) groups is 1. The average molecular weight is 403 g/mol. The standard InChI is InChI=1S/C20H22N2O3S2/c1-5-27(24,25)16-9-7-15(8-10-16)12-18(23)21-20-22(4)19-14(3)13(2)6-11-17(19)26-20/h6-11H,5,12H2,1-4H3. The number of aryl methyl sites for hydroxylation is 3. The molecule has 3 rings (SSSR count). The van der Waals surface area contributed by atoms with E-state index in [1.54, 1.807) is 31.2 Å². The number of nitrogens with zero attached hydrogens (tertiary/aromatic N) is 2. The number of fused-ring (bicyclic) bond motifs is 1. The van der Waals surface area contributed by atoms with E-state index in [2.05, 4.69) is 31.0 Å². The number of amides is 1. The predicted molar refractivity (Wildman–Crippen MR) is 109 cm³/mol. The summed E-state index contributed by atoms with van der Waals surface area (Å²) in [4.78, 5) is 17.6. The van der Waals surface area contributed by atoms with Crippen LogP contribution in [0, 0.1) is 13.8 Å². The Balaban J connectivity index is 1.88. The Morgan fingerprint density at radius 1 is 1.11 bits per heavy atom. The molecule has 0 aliphatic heterocycles. The van der Waals surface area contributed by atoms with Crippen LogP contribution in [0.3, 0.4) is 0 Å². The Bertz CT molecular complexity index is 1180. The monoisotopic (exact) mass is 402 g/mol. The van der Waals surface area contributed by atoms with Gasteiger partial charge in [0.2, 0.25) is 0 Å². The molecule has 0 unspecified atom stereocenters. The molecule has 0 aliphatic carbocycles. The second-order valence-corrected chi connectivity index (χ2v) is 9.81. The molecule has 0 bridgehead atoms. The summed E-state index contributed by atoms with van der Waals surface area (Å²) in [6.45, 7) is 5.75. The number of hydrogen-bond acceptors (Lipinski definition) is 4. The maximum atomic E-state index is 12.4. The van der Waals surface area contributed by atoms with E-state index in [4.69, 9.17) is 0 Å². The van der Waals surface area contributed by atoms with Crippen LogP contribution in [0.25, 0.3) is 10.2 Å². The van der Waals surface area contributed by atoms with E-state index >= 15 is 0 Å². The van der Waals surface area contributed by atoms with Crippen molar-refractivity contribution in [2.75, 3.05) is 5.75 Å². The van der Waals surface area contributed by atoms with Gasteiger partial charge in [-0.25, -0.2) is 8.42 Å². The van der Waals surface area contributed by atoms with Crippen molar-refractivity contribution in [3.05, 3.63) is 57.9 Å². The van der Waals surface area contributed by atoms with Crippen LogP contribution >= 0.6 is 11.3 Å². The lowest BCUT2D eigenvalue weighted by atomic mass is 10.1. The number of sulfone groups is 1. The quantitative estimate of drug-likeness (QED) is 0.672. The van der Waals surface area contributed by atoms with Crippen molar-refractivity contribution in [3.63, 3.8) is 0 Å². The lowest BCUT2D eigenvalue weighted by Gasteiger charge is -2.03. The van der Waals surface area contributed by atoms with E-state index in [0.29, 0.717) is 4.80 Å². The van der Waals surface area contributed by atoms with Crippen molar-refractivity contribution in [2.24, 2.45) is 12.0 Å². The minimum atomic E-state index is -3.23. The zero-order valence-corrected chi connectivity index (χ0v) is 17.4. The molecule has 0 spiro atoms. The third-order valence-electron chi connectivity index (χ3n) is 4.73. The van der Waals surface area contributed by atoms with Crippen LogP contribution in [0.15, 0.2) is 46.3 Å². The van der Waals surface area contributed by atoms with Gasteiger partial charge in [0.1, 0.15) is 0 Å². The molecule has 5 nitrogen and oxygen atoms in total. The van der Waals surface area contributed by atoms with Crippen molar-refractivity contribution in [1.82, 2.24) is 4.57 Å². The molecule has 0 saturated heterocycles. The van der Waals surface area contributed by atoms with Crippen molar-refractivity contribution in [2.45, 2.75) is 32.1 Å². The fourth-order valence-corrected chi connectivity index (χ4v) is 4.92. The van der Waals surface area contributed by atoms with E-state index in [0.717, 1.165) is 15.8 Å². The van der Waals surface area contributed by atoms with Gasteiger partial charge in [-0.05, 0) is 48.7 Å². The molecule has 1 heterocycles. The SMILES string of the molecule is CCS(=O)(=O)c1ccc(CC(=O)N=c2sc3ccc(C)c(C)c3n2C)cc1. The lowest BCUT2D eigenvalue weighted by molar-refractivity contribution is -0.117. The highest BCUT2D eigenvalue weighted by molar-refractivity contribution is 7.91. The van der Waals surface area contributed by atoms with Crippen LogP contribution in [-0.4, -0.2) is 24.6 Å². The summed E-state index contributed by atoms with van der Waals surface area (Å²) in [5.74, 6) is -0.195. The Morgan fingerprint density at radius 2 is 1.78 bits per heavy atom. The number of rotatable bonds is 4. The van der Waals surface area contributed by atoms with E-state index in [9.17, 15) is 13.2 Å². The van der Waals surface area contributed by atoms with E-state index < -0.39 is 9.84 Å². The first-order valence-corrected chi connectivity index (χ1v) is 11.1. The maximum Gasteiger partial charge on any atom is 0.252 e. The number of carbonyl (C=O) groups excluding carboxylic acids is 1. The Kier molecular flexibility index (Phi) is 5.35. The molecule has 142 valence electrons.